The molecule has 0 N–H and O–H groups in total. The number of sulfone groups is 1. The van der Waals surface area contributed by atoms with E-state index in [1.807, 2.05) is 39.0 Å². The summed E-state index contributed by atoms with van der Waals surface area (Å²) >= 11 is 0. The predicted molar refractivity (Wildman–Crippen MR) is 109 cm³/mol. The van der Waals surface area contributed by atoms with E-state index < -0.39 is 14.6 Å². The second-order valence-corrected chi connectivity index (χ2v) is 11.6. The summed E-state index contributed by atoms with van der Waals surface area (Å²) in [6, 6.07) is 10.3. The van der Waals surface area contributed by atoms with Crippen LogP contribution in [-0.2, 0) is 21.2 Å². The molecule has 0 unspecified atom stereocenters. The molecule has 1 aromatic carbocycles. The topological polar surface area (TPSA) is 43.4 Å². The minimum Gasteiger partial charge on any atom is -0.377 e. The first-order chi connectivity index (χ1) is 12.3. The molecule has 0 heterocycles. The third-order valence-corrected chi connectivity index (χ3v) is 8.39. The number of rotatable bonds is 9. The lowest BCUT2D eigenvalue weighted by Crippen LogP contribution is -2.34. The Morgan fingerprint density at radius 2 is 1.58 bits per heavy atom. The van der Waals surface area contributed by atoms with E-state index in [2.05, 4.69) is 12.1 Å². The molecule has 0 amide bonds. The summed E-state index contributed by atoms with van der Waals surface area (Å²) in [6.45, 7) is 6.97. The van der Waals surface area contributed by atoms with Gasteiger partial charge < -0.3 is 4.74 Å². The van der Waals surface area contributed by atoms with Gasteiger partial charge in [-0.25, -0.2) is 8.42 Å². The molecule has 1 aromatic rings. The van der Waals surface area contributed by atoms with Crippen LogP contribution in [0, 0.1) is 11.8 Å². The van der Waals surface area contributed by atoms with Gasteiger partial charge in [-0.15, -0.1) is 0 Å². The Morgan fingerprint density at radius 1 is 0.962 bits per heavy atom. The van der Waals surface area contributed by atoms with Gasteiger partial charge in [0.15, 0.2) is 9.84 Å². The Hall–Kier alpha value is -0.870. The molecule has 3 nitrogen and oxygen atoms in total. The molecule has 1 aliphatic carbocycles. The van der Waals surface area contributed by atoms with Crippen molar-refractivity contribution >= 4 is 9.84 Å². The molecule has 148 valence electrons. The number of ether oxygens (including phenoxy) is 1. The van der Waals surface area contributed by atoms with E-state index in [4.69, 9.17) is 4.74 Å². The van der Waals surface area contributed by atoms with Crippen LogP contribution in [0.3, 0.4) is 0 Å². The largest absolute Gasteiger partial charge is 0.377 e. The van der Waals surface area contributed by atoms with Gasteiger partial charge in [0.1, 0.15) is 0 Å². The third-order valence-electron chi connectivity index (χ3n) is 5.62. The molecule has 1 fully saturated rings. The van der Waals surface area contributed by atoms with Crippen molar-refractivity contribution in [3.8, 4) is 0 Å². The highest BCUT2D eigenvalue weighted by Gasteiger charge is 2.33. The first kappa shape index (κ1) is 21.4. The van der Waals surface area contributed by atoms with Crippen molar-refractivity contribution in [3.63, 3.8) is 0 Å². The highest BCUT2D eigenvalue weighted by Crippen LogP contribution is 2.34. The van der Waals surface area contributed by atoms with Crippen molar-refractivity contribution in [1.29, 1.82) is 0 Å². The summed E-state index contributed by atoms with van der Waals surface area (Å²) in [5.74, 6) is 1.51. The highest BCUT2D eigenvalue weighted by atomic mass is 32.2. The van der Waals surface area contributed by atoms with Gasteiger partial charge in [0.25, 0.3) is 0 Å². The molecule has 1 aliphatic rings. The molecule has 0 aliphatic heterocycles. The Kier molecular flexibility index (Phi) is 8.15. The monoisotopic (exact) mass is 380 g/mol. The second-order valence-electron chi connectivity index (χ2n) is 8.81. The first-order valence-corrected chi connectivity index (χ1v) is 11.8. The van der Waals surface area contributed by atoms with Crippen molar-refractivity contribution in [2.24, 2.45) is 11.8 Å². The molecule has 1 saturated carbocycles. The molecule has 4 heteroatoms. The van der Waals surface area contributed by atoms with Crippen LogP contribution in [-0.4, -0.2) is 25.5 Å². The number of unbranched alkanes of at least 4 members (excludes halogenated alkanes) is 1. The van der Waals surface area contributed by atoms with Crippen molar-refractivity contribution in [3.05, 3.63) is 35.9 Å². The predicted octanol–water partition coefficient (Wildman–Crippen LogP) is 5.39. The van der Waals surface area contributed by atoms with Gasteiger partial charge in [-0.2, -0.15) is 0 Å². The molecular formula is C22H36O3S. The second kappa shape index (κ2) is 9.89. The van der Waals surface area contributed by atoms with Crippen LogP contribution >= 0.6 is 0 Å². The minimum absolute atomic E-state index is 0.365. The van der Waals surface area contributed by atoms with E-state index in [-0.39, 0.29) is 0 Å². The fourth-order valence-electron chi connectivity index (χ4n) is 3.65. The highest BCUT2D eigenvalue weighted by molar-refractivity contribution is 7.92. The molecule has 0 aromatic heterocycles. The average molecular weight is 381 g/mol. The summed E-state index contributed by atoms with van der Waals surface area (Å²) in [6.07, 6.45) is 8.11. The van der Waals surface area contributed by atoms with Gasteiger partial charge in [0.05, 0.1) is 17.1 Å². The van der Waals surface area contributed by atoms with Gasteiger partial charge >= 0.3 is 0 Å². The maximum Gasteiger partial charge on any atom is 0.155 e. The maximum absolute atomic E-state index is 12.4. The lowest BCUT2D eigenvalue weighted by molar-refractivity contribution is 0.115. The molecule has 0 spiro atoms. The van der Waals surface area contributed by atoms with Crippen LogP contribution in [0.15, 0.2) is 30.3 Å². The molecular weight excluding hydrogens is 344 g/mol. The van der Waals surface area contributed by atoms with Crippen molar-refractivity contribution in [2.75, 3.05) is 12.4 Å². The van der Waals surface area contributed by atoms with Gasteiger partial charge in [0.2, 0.25) is 0 Å². The third kappa shape index (κ3) is 7.03. The maximum atomic E-state index is 12.4. The SMILES string of the molecule is CC(C)(C)S(=O)(=O)CC1CCC(CCCCOCc2ccccc2)CC1. The van der Waals surface area contributed by atoms with Crippen LogP contribution < -0.4 is 0 Å². The molecule has 2 rings (SSSR count). The molecule has 0 atom stereocenters. The lowest BCUT2D eigenvalue weighted by atomic mass is 9.80. The molecule has 0 radical (unpaired) electrons. The summed E-state index contributed by atoms with van der Waals surface area (Å²) in [7, 11) is -2.98. The van der Waals surface area contributed by atoms with Crippen molar-refractivity contribution < 1.29 is 13.2 Å². The Bertz CT molecular complexity index is 609. The van der Waals surface area contributed by atoms with E-state index in [1.54, 1.807) is 0 Å². The minimum atomic E-state index is -2.98. The van der Waals surface area contributed by atoms with E-state index in [0.29, 0.717) is 18.3 Å². The van der Waals surface area contributed by atoms with Crippen LogP contribution in [0.4, 0.5) is 0 Å². The van der Waals surface area contributed by atoms with Gasteiger partial charge in [-0.3, -0.25) is 0 Å². The van der Waals surface area contributed by atoms with E-state index in [9.17, 15) is 8.42 Å². The van der Waals surface area contributed by atoms with Crippen LogP contribution in [0.5, 0.6) is 0 Å². The Balaban J connectivity index is 1.55. The van der Waals surface area contributed by atoms with Crippen LogP contribution in [0.2, 0.25) is 0 Å². The van der Waals surface area contributed by atoms with E-state index >= 15 is 0 Å². The standard InChI is InChI=1S/C22H36O3S/c1-22(2,3)26(23,24)18-21-14-12-19(13-15-21)9-7-8-16-25-17-20-10-5-4-6-11-20/h4-6,10-11,19,21H,7-9,12-18H2,1-3H3. The van der Waals surface area contributed by atoms with Gasteiger partial charge in [-0.05, 0) is 57.4 Å². The summed E-state index contributed by atoms with van der Waals surface area (Å²) in [5, 5.41) is 0. The fraction of sp³-hybridized carbons (Fsp3) is 0.727. The smallest absolute Gasteiger partial charge is 0.155 e. The number of benzene rings is 1. The lowest BCUT2D eigenvalue weighted by Gasteiger charge is -2.30. The molecule has 26 heavy (non-hydrogen) atoms. The van der Waals surface area contributed by atoms with Crippen LogP contribution in [0.1, 0.15) is 71.3 Å². The van der Waals surface area contributed by atoms with Crippen molar-refractivity contribution in [1.82, 2.24) is 0 Å². The fourth-order valence-corrected chi connectivity index (χ4v) is 5.10. The Morgan fingerprint density at radius 3 is 2.19 bits per heavy atom. The zero-order valence-electron chi connectivity index (χ0n) is 16.7. The summed E-state index contributed by atoms with van der Waals surface area (Å²) < 4.78 is 29.9. The van der Waals surface area contributed by atoms with E-state index in [1.165, 1.54) is 31.2 Å². The van der Waals surface area contributed by atoms with E-state index in [0.717, 1.165) is 31.8 Å². The molecule has 0 bridgehead atoms. The zero-order chi connectivity index (χ0) is 19.0. The molecule has 0 saturated heterocycles. The number of hydrogen-bond acceptors (Lipinski definition) is 3. The average Bonchev–Trinajstić information content (AvgIpc) is 2.59. The quantitative estimate of drug-likeness (QED) is 0.539. The van der Waals surface area contributed by atoms with Crippen molar-refractivity contribution in [2.45, 2.75) is 77.1 Å². The van der Waals surface area contributed by atoms with Crippen LogP contribution in [0.25, 0.3) is 0 Å². The normalized spacial score (nSPS) is 21.7. The Labute approximate surface area is 160 Å². The zero-order valence-corrected chi connectivity index (χ0v) is 17.6. The first-order valence-electron chi connectivity index (χ1n) is 10.1. The van der Waals surface area contributed by atoms with Gasteiger partial charge in [0, 0.05) is 6.61 Å². The van der Waals surface area contributed by atoms with Gasteiger partial charge in [-0.1, -0.05) is 56.0 Å². The summed E-state index contributed by atoms with van der Waals surface area (Å²) in [4.78, 5) is 0. The number of hydrogen-bond donors (Lipinski definition) is 0. The summed E-state index contributed by atoms with van der Waals surface area (Å²) in [5.41, 5.74) is 1.23.